The standard InChI is InChI=1S/C7H13NOS/c8-6(4-10)7(9)5-2-1-3-5/h5-6,10H,1-4,8H2. The second kappa shape index (κ2) is 3.39. The molecule has 58 valence electrons. The second-order valence-corrected chi connectivity index (χ2v) is 3.18. The molecule has 2 N–H and O–H groups in total. The summed E-state index contributed by atoms with van der Waals surface area (Å²) in [6, 6.07) is -0.325. The van der Waals surface area contributed by atoms with Gasteiger partial charge in [-0.1, -0.05) is 6.42 Å². The van der Waals surface area contributed by atoms with Gasteiger partial charge in [-0.15, -0.1) is 0 Å². The monoisotopic (exact) mass is 159 g/mol. The van der Waals surface area contributed by atoms with Crippen molar-refractivity contribution in [2.24, 2.45) is 11.7 Å². The maximum Gasteiger partial charge on any atom is 0.153 e. The lowest BCUT2D eigenvalue weighted by atomic mass is 9.80. The molecule has 0 saturated heterocycles. The van der Waals surface area contributed by atoms with Crippen molar-refractivity contribution in [3.05, 3.63) is 0 Å². The molecule has 10 heavy (non-hydrogen) atoms. The molecule has 2 nitrogen and oxygen atoms in total. The number of thiol groups is 1. The molecule has 1 aliphatic carbocycles. The molecule has 0 aliphatic heterocycles. The Bertz CT molecular complexity index is 127. The Morgan fingerprint density at radius 2 is 2.30 bits per heavy atom. The first kappa shape index (κ1) is 8.08. The van der Waals surface area contributed by atoms with Crippen molar-refractivity contribution >= 4 is 18.4 Å². The maximum absolute atomic E-state index is 11.2. The van der Waals surface area contributed by atoms with Crippen LogP contribution in [0.15, 0.2) is 0 Å². The fraction of sp³-hybridized carbons (Fsp3) is 0.857. The fourth-order valence-corrected chi connectivity index (χ4v) is 1.27. The van der Waals surface area contributed by atoms with E-state index in [1.54, 1.807) is 0 Å². The van der Waals surface area contributed by atoms with Crippen LogP contribution in [0.3, 0.4) is 0 Å². The Morgan fingerprint density at radius 3 is 2.60 bits per heavy atom. The van der Waals surface area contributed by atoms with Crippen LogP contribution in [0.25, 0.3) is 0 Å². The highest BCUT2D eigenvalue weighted by Gasteiger charge is 2.28. The van der Waals surface area contributed by atoms with Crippen molar-refractivity contribution < 1.29 is 4.79 Å². The minimum absolute atomic E-state index is 0.209. The molecule has 0 heterocycles. The van der Waals surface area contributed by atoms with Crippen LogP contribution in [0.1, 0.15) is 19.3 Å². The van der Waals surface area contributed by atoms with Gasteiger partial charge in [0.15, 0.2) is 5.78 Å². The van der Waals surface area contributed by atoms with Crippen molar-refractivity contribution in [2.75, 3.05) is 5.75 Å². The molecular formula is C7H13NOS. The number of hydrogen-bond acceptors (Lipinski definition) is 3. The third kappa shape index (κ3) is 1.52. The van der Waals surface area contributed by atoms with Crippen LogP contribution in [-0.4, -0.2) is 17.6 Å². The maximum atomic E-state index is 11.2. The van der Waals surface area contributed by atoms with E-state index in [2.05, 4.69) is 12.6 Å². The highest BCUT2D eigenvalue weighted by molar-refractivity contribution is 7.80. The molecule has 0 spiro atoms. The molecule has 0 aromatic carbocycles. The van der Waals surface area contributed by atoms with Crippen LogP contribution in [0.2, 0.25) is 0 Å². The first-order chi connectivity index (χ1) is 4.75. The van der Waals surface area contributed by atoms with E-state index >= 15 is 0 Å². The quantitative estimate of drug-likeness (QED) is 0.593. The summed E-state index contributed by atoms with van der Waals surface area (Å²) in [4.78, 5) is 11.2. The van der Waals surface area contributed by atoms with Gasteiger partial charge in [-0.3, -0.25) is 4.79 Å². The first-order valence-electron chi connectivity index (χ1n) is 3.66. The summed E-state index contributed by atoms with van der Waals surface area (Å²) in [5.74, 6) is 0.957. The van der Waals surface area contributed by atoms with E-state index in [1.165, 1.54) is 6.42 Å². The Hall–Kier alpha value is -0.0200. The summed E-state index contributed by atoms with van der Waals surface area (Å²) < 4.78 is 0. The van der Waals surface area contributed by atoms with Gasteiger partial charge in [0.25, 0.3) is 0 Å². The van der Waals surface area contributed by atoms with Gasteiger partial charge in [-0.2, -0.15) is 12.6 Å². The largest absolute Gasteiger partial charge is 0.321 e. The Kier molecular flexibility index (Phi) is 2.74. The number of rotatable bonds is 3. The lowest BCUT2D eigenvalue weighted by Gasteiger charge is -2.25. The van der Waals surface area contributed by atoms with Gasteiger partial charge in [0.05, 0.1) is 6.04 Å². The predicted octanol–water partition coefficient (Wildman–Crippen LogP) is 0.613. The van der Waals surface area contributed by atoms with Gasteiger partial charge < -0.3 is 5.73 Å². The zero-order valence-corrected chi connectivity index (χ0v) is 6.81. The average molecular weight is 159 g/mol. The van der Waals surface area contributed by atoms with E-state index in [0.29, 0.717) is 5.75 Å². The van der Waals surface area contributed by atoms with Gasteiger partial charge in [0.2, 0.25) is 0 Å². The summed E-state index contributed by atoms with van der Waals surface area (Å²) in [6.45, 7) is 0. The zero-order chi connectivity index (χ0) is 7.56. The Balaban J connectivity index is 2.32. The average Bonchev–Trinajstić information content (AvgIpc) is 1.82. The van der Waals surface area contributed by atoms with Crippen LogP contribution in [0.5, 0.6) is 0 Å². The molecule has 1 unspecified atom stereocenters. The lowest BCUT2D eigenvalue weighted by Crippen LogP contribution is -2.39. The predicted molar refractivity (Wildman–Crippen MR) is 44.2 cm³/mol. The smallest absolute Gasteiger partial charge is 0.153 e. The van der Waals surface area contributed by atoms with E-state index in [1.807, 2.05) is 0 Å². The highest BCUT2D eigenvalue weighted by Crippen LogP contribution is 2.27. The molecule has 1 rings (SSSR count). The molecule has 0 radical (unpaired) electrons. The topological polar surface area (TPSA) is 43.1 Å². The molecular weight excluding hydrogens is 146 g/mol. The number of ketones is 1. The molecule has 1 fully saturated rings. The Morgan fingerprint density at radius 1 is 1.70 bits per heavy atom. The van der Waals surface area contributed by atoms with Crippen LogP contribution >= 0.6 is 12.6 Å². The summed E-state index contributed by atoms with van der Waals surface area (Å²) in [5.41, 5.74) is 5.50. The van der Waals surface area contributed by atoms with Gasteiger partial charge in [-0.25, -0.2) is 0 Å². The number of carbonyl (C=O) groups is 1. The highest BCUT2D eigenvalue weighted by atomic mass is 32.1. The number of hydrogen-bond donors (Lipinski definition) is 2. The van der Waals surface area contributed by atoms with Crippen LogP contribution in [0, 0.1) is 5.92 Å². The van der Waals surface area contributed by atoms with Crippen molar-refractivity contribution in [3.8, 4) is 0 Å². The molecule has 0 amide bonds. The summed E-state index contributed by atoms with van der Waals surface area (Å²) >= 11 is 3.97. The first-order valence-corrected chi connectivity index (χ1v) is 4.29. The molecule has 3 heteroatoms. The summed E-state index contributed by atoms with van der Waals surface area (Å²) in [5, 5.41) is 0. The number of carbonyl (C=O) groups excluding carboxylic acids is 1. The number of Topliss-reactive ketones (excluding diaryl/α,β-unsaturated/α-hetero) is 1. The van der Waals surface area contributed by atoms with E-state index in [-0.39, 0.29) is 17.7 Å². The molecule has 1 aliphatic rings. The Labute approximate surface area is 66.6 Å². The minimum atomic E-state index is -0.325. The van der Waals surface area contributed by atoms with Gasteiger partial charge >= 0.3 is 0 Å². The third-order valence-corrected chi connectivity index (χ3v) is 2.46. The molecule has 0 aromatic rings. The lowest BCUT2D eigenvalue weighted by molar-refractivity contribution is -0.125. The van der Waals surface area contributed by atoms with E-state index < -0.39 is 0 Å². The molecule has 0 bridgehead atoms. The van der Waals surface area contributed by atoms with Gasteiger partial charge in [0.1, 0.15) is 0 Å². The molecule has 0 aromatic heterocycles. The van der Waals surface area contributed by atoms with Crippen molar-refractivity contribution in [2.45, 2.75) is 25.3 Å². The van der Waals surface area contributed by atoms with Crippen LogP contribution in [0.4, 0.5) is 0 Å². The van der Waals surface area contributed by atoms with E-state index in [9.17, 15) is 4.79 Å². The van der Waals surface area contributed by atoms with Crippen molar-refractivity contribution in [3.63, 3.8) is 0 Å². The summed E-state index contributed by atoms with van der Waals surface area (Å²) in [6.07, 6.45) is 3.27. The third-order valence-electron chi connectivity index (χ3n) is 2.07. The SMILES string of the molecule is NC(CS)C(=O)C1CCC1. The van der Waals surface area contributed by atoms with Crippen molar-refractivity contribution in [1.29, 1.82) is 0 Å². The molecule has 1 saturated carbocycles. The minimum Gasteiger partial charge on any atom is -0.321 e. The van der Waals surface area contributed by atoms with Gasteiger partial charge in [0, 0.05) is 11.7 Å². The van der Waals surface area contributed by atoms with Crippen LogP contribution < -0.4 is 5.73 Å². The van der Waals surface area contributed by atoms with Crippen molar-refractivity contribution in [1.82, 2.24) is 0 Å². The number of nitrogens with two attached hydrogens (primary N) is 1. The molecule has 1 atom stereocenters. The summed E-state index contributed by atoms with van der Waals surface area (Å²) in [7, 11) is 0. The van der Waals surface area contributed by atoms with E-state index in [4.69, 9.17) is 5.73 Å². The zero-order valence-electron chi connectivity index (χ0n) is 5.92. The second-order valence-electron chi connectivity index (χ2n) is 2.82. The fourth-order valence-electron chi connectivity index (χ4n) is 1.09. The normalized spacial score (nSPS) is 21.8. The van der Waals surface area contributed by atoms with E-state index in [0.717, 1.165) is 12.8 Å². The van der Waals surface area contributed by atoms with Crippen LogP contribution in [-0.2, 0) is 4.79 Å². The van der Waals surface area contributed by atoms with Gasteiger partial charge in [-0.05, 0) is 12.8 Å².